The lowest BCUT2D eigenvalue weighted by Crippen LogP contribution is -2.35. The van der Waals surface area contributed by atoms with E-state index < -0.39 is 12.0 Å². The Kier molecular flexibility index (Phi) is 2.60. The van der Waals surface area contributed by atoms with Crippen LogP contribution < -0.4 is 16.3 Å². The molecule has 4 N–H and O–H groups in total. The molecule has 4 heteroatoms. The second kappa shape index (κ2) is 3.90. The summed E-state index contributed by atoms with van der Waals surface area (Å²) >= 11 is 0. The third-order valence-corrected chi connectivity index (χ3v) is 2.66. The number of hydrogen-bond donors (Lipinski definition) is 3. The van der Waals surface area contributed by atoms with E-state index in [1.54, 1.807) is 0 Å². The molecule has 0 amide bonds. The van der Waals surface area contributed by atoms with Crippen molar-refractivity contribution < 1.29 is 9.90 Å². The van der Waals surface area contributed by atoms with Gasteiger partial charge >= 0.3 is 5.97 Å². The van der Waals surface area contributed by atoms with Gasteiger partial charge in [-0.25, -0.2) is 0 Å². The van der Waals surface area contributed by atoms with Gasteiger partial charge in [-0.2, -0.15) is 0 Å². The number of carboxylic acids is 1. The number of carboxylic acid groups (broad SMARTS) is 1. The summed E-state index contributed by atoms with van der Waals surface area (Å²) in [5, 5.41) is 10.9. The standard InChI is InChI=1S/C11H14N2O2/c12-9(11(14)15)5-7-6-13-10-4-2-1-3-8(7)10/h3-4,6,9,13H,1-2,5,12H2,(H,14,15)/t9-/m0/s1. The maximum atomic E-state index is 10.6. The summed E-state index contributed by atoms with van der Waals surface area (Å²) < 4.78 is 0. The number of carbonyl (C=O) groups is 1. The molecule has 0 aliphatic heterocycles. The van der Waals surface area contributed by atoms with Crippen LogP contribution in [-0.2, 0) is 11.2 Å². The summed E-state index contributed by atoms with van der Waals surface area (Å²) in [5.74, 6) is -0.954. The second-order valence-corrected chi connectivity index (χ2v) is 3.78. The molecule has 0 spiro atoms. The number of nitrogens with two attached hydrogens (primary N) is 1. The summed E-state index contributed by atoms with van der Waals surface area (Å²) in [6, 6.07) is -0.819. The van der Waals surface area contributed by atoms with E-state index >= 15 is 0 Å². The summed E-state index contributed by atoms with van der Waals surface area (Å²) in [6.45, 7) is 0. The highest BCUT2D eigenvalue weighted by molar-refractivity contribution is 5.73. The van der Waals surface area contributed by atoms with E-state index in [1.807, 2.05) is 6.20 Å². The van der Waals surface area contributed by atoms with Crippen molar-refractivity contribution in [1.29, 1.82) is 0 Å². The topological polar surface area (TPSA) is 79.1 Å². The smallest absolute Gasteiger partial charge is 0.320 e. The van der Waals surface area contributed by atoms with Crippen LogP contribution in [-0.4, -0.2) is 22.1 Å². The first-order valence-electron chi connectivity index (χ1n) is 5.03. The summed E-state index contributed by atoms with van der Waals surface area (Å²) in [7, 11) is 0. The molecule has 0 aromatic carbocycles. The average molecular weight is 206 g/mol. The first kappa shape index (κ1) is 9.98. The minimum Gasteiger partial charge on any atom is -0.480 e. The lowest BCUT2D eigenvalue weighted by molar-refractivity contribution is -0.138. The number of aromatic amines is 1. The minimum atomic E-state index is -0.954. The van der Waals surface area contributed by atoms with Crippen molar-refractivity contribution in [3.05, 3.63) is 22.3 Å². The molecule has 1 aliphatic carbocycles. The molecule has 1 atom stereocenters. The van der Waals surface area contributed by atoms with Crippen molar-refractivity contribution in [3.8, 4) is 0 Å². The van der Waals surface area contributed by atoms with Gasteiger partial charge in [0.2, 0.25) is 0 Å². The molecule has 0 radical (unpaired) electrons. The maximum Gasteiger partial charge on any atom is 0.320 e. The predicted octanol–water partition coefficient (Wildman–Crippen LogP) is -0.676. The van der Waals surface area contributed by atoms with Crippen LogP contribution in [0.15, 0.2) is 6.20 Å². The Morgan fingerprint density at radius 1 is 1.53 bits per heavy atom. The SMILES string of the molecule is N[C@@H](Cc1c[nH]c2c1=CCCC=2)C(=O)O. The third-order valence-electron chi connectivity index (χ3n) is 2.66. The van der Waals surface area contributed by atoms with Crippen molar-refractivity contribution in [3.63, 3.8) is 0 Å². The number of H-pyrrole nitrogens is 1. The lowest BCUT2D eigenvalue weighted by atomic mass is 10.1. The zero-order valence-electron chi connectivity index (χ0n) is 8.36. The van der Waals surface area contributed by atoms with Gasteiger partial charge in [0.15, 0.2) is 0 Å². The number of aromatic nitrogens is 1. The fraction of sp³-hybridized carbons (Fsp3) is 0.364. The van der Waals surface area contributed by atoms with Crippen molar-refractivity contribution >= 4 is 18.1 Å². The highest BCUT2D eigenvalue weighted by Gasteiger charge is 2.14. The van der Waals surface area contributed by atoms with E-state index in [0.29, 0.717) is 6.42 Å². The average Bonchev–Trinajstić information content (AvgIpc) is 2.62. The van der Waals surface area contributed by atoms with Crippen LogP contribution in [0.1, 0.15) is 18.4 Å². The molecule has 1 aromatic rings. The molecule has 1 aliphatic rings. The highest BCUT2D eigenvalue weighted by atomic mass is 16.4. The van der Waals surface area contributed by atoms with Crippen LogP contribution >= 0.6 is 0 Å². The molecular formula is C11H14N2O2. The van der Waals surface area contributed by atoms with Crippen molar-refractivity contribution in [2.45, 2.75) is 25.3 Å². The van der Waals surface area contributed by atoms with Gasteiger partial charge in [0.1, 0.15) is 6.04 Å². The molecule has 1 aromatic heterocycles. The predicted molar refractivity (Wildman–Crippen MR) is 57.5 cm³/mol. The van der Waals surface area contributed by atoms with Crippen molar-refractivity contribution in [2.75, 3.05) is 0 Å². The number of hydrogen-bond acceptors (Lipinski definition) is 2. The van der Waals surface area contributed by atoms with Gasteiger partial charge in [-0.1, -0.05) is 12.2 Å². The van der Waals surface area contributed by atoms with Gasteiger partial charge in [-0.05, 0) is 23.6 Å². The van der Waals surface area contributed by atoms with E-state index in [1.165, 1.54) is 0 Å². The Hall–Kier alpha value is -1.55. The Balaban J connectivity index is 2.32. The van der Waals surface area contributed by atoms with Crippen LogP contribution in [0.4, 0.5) is 0 Å². The highest BCUT2D eigenvalue weighted by Crippen LogP contribution is 1.99. The van der Waals surface area contributed by atoms with E-state index in [0.717, 1.165) is 29.0 Å². The first-order valence-corrected chi connectivity index (χ1v) is 5.03. The number of aliphatic carboxylic acids is 1. The van der Waals surface area contributed by atoms with Crippen LogP contribution in [0.3, 0.4) is 0 Å². The number of rotatable bonds is 3. The largest absolute Gasteiger partial charge is 0.480 e. The van der Waals surface area contributed by atoms with E-state index in [9.17, 15) is 4.79 Å². The number of fused-ring (bicyclic) bond motifs is 1. The monoisotopic (exact) mass is 206 g/mol. The molecule has 80 valence electrons. The molecule has 4 nitrogen and oxygen atoms in total. The van der Waals surface area contributed by atoms with Crippen molar-refractivity contribution in [1.82, 2.24) is 4.98 Å². The van der Waals surface area contributed by atoms with E-state index in [-0.39, 0.29) is 0 Å². The number of nitrogens with one attached hydrogen (secondary N) is 1. The van der Waals surface area contributed by atoms with Crippen LogP contribution in [0.5, 0.6) is 0 Å². The van der Waals surface area contributed by atoms with Gasteiger partial charge < -0.3 is 15.8 Å². The van der Waals surface area contributed by atoms with Gasteiger partial charge in [-0.15, -0.1) is 0 Å². The van der Waals surface area contributed by atoms with Gasteiger partial charge in [0.25, 0.3) is 0 Å². The summed E-state index contributed by atoms with van der Waals surface area (Å²) in [4.78, 5) is 13.8. The zero-order chi connectivity index (χ0) is 10.8. The Morgan fingerprint density at radius 2 is 2.27 bits per heavy atom. The maximum absolute atomic E-state index is 10.6. The van der Waals surface area contributed by atoms with E-state index in [4.69, 9.17) is 10.8 Å². The summed E-state index contributed by atoms with van der Waals surface area (Å²) in [5.41, 5.74) is 6.50. The van der Waals surface area contributed by atoms with Gasteiger partial charge in [0.05, 0.1) is 0 Å². The van der Waals surface area contributed by atoms with Crippen LogP contribution in [0.2, 0.25) is 0 Å². The van der Waals surface area contributed by atoms with Gasteiger partial charge in [-0.3, -0.25) is 4.79 Å². The Bertz CT molecular complexity index is 487. The quantitative estimate of drug-likeness (QED) is 0.613. The van der Waals surface area contributed by atoms with Crippen LogP contribution in [0.25, 0.3) is 12.2 Å². The Labute approximate surface area is 87.1 Å². The van der Waals surface area contributed by atoms with Crippen LogP contribution in [0, 0.1) is 0 Å². The zero-order valence-corrected chi connectivity index (χ0v) is 8.36. The van der Waals surface area contributed by atoms with Crippen molar-refractivity contribution in [2.24, 2.45) is 5.73 Å². The molecule has 1 heterocycles. The third kappa shape index (κ3) is 1.94. The molecule has 0 unspecified atom stereocenters. The molecule has 0 saturated heterocycles. The molecule has 0 fully saturated rings. The fourth-order valence-corrected chi connectivity index (χ4v) is 1.85. The molecule has 15 heavy (non-hydrogen) atoms. The minimum absolute atomic E-state index is 0.380. The molecular weight excluding hydrogens is 192 g/mol. The lowest BCUT2D eigenvalue weighted by Gasteiger charge is -2.04. The Morgan fingerprint density at radius 3 is 3.00 bits per heavy atom. The normalized spacial score (nSPS) is 16.1. The molecule has 0 bridgehead atoms. The summed E-state index contributed by atoms with van der Waals surface area (Å²) in [6.07, 6.45) is 8.55. The molecule has 2 rings (SSSR count). The van der Waals surface area contributed by atoms with Gasteiger partial charge in [0, 0.05) is 18.0 Å². The fourth-order valence-electron chi connectivity index (χ4n) is 1.85. The first-order chi connectivity index (χ1) is 7.18. The molecule has 0 saturated carbocycles. The van der Waals surface area contributed by atoms with E-state index in [2.05, 4.69) is 17.1 Å². The second-order valence-electron chi connectivity index (χ2n) is 3.78.